The van der Waals surface area contributed by atoms with Crippen LogP contribution in [0.2, 0.25) is 0 Å². The number of phosphoric acid groups is 2. The molecule has 19 heteroatoms. The van der Waals surface area contributed by atoms with E-state index in [1.54, 1.807) is 6.08 Å². The molecule has 0 aliphatic rings. The van der Waals surface area contributed by atoms with E-state index in [9.17, 15) is 43.2 Å². The van der Waals surface area contributed by atoms with Crippen LogP contribution < -0.4 is 0 Å². The summed E-state index contributed by atoms with van der Waals surface area (Å²) in [6.45, 7) is 4.18. The zero-order chi connectivity index (χ0) is 76.0. The molecule has 17 nitrogen and oxygen atoms in total. The van der Waals surface area contributed by atoms with Crippen LogP contribution in [0.15, 0.2) is 194 Å². The first kappa shape index (κ1) is 97.9. The third-order valence-electron chi connectivity index (χ3n) is 15.1. The Hall–Kier alpha value is -6.10. The van der Waals surface area contributed by atoms with Gasteiger partial charge >= 0.3 is 39.5 Å². The van der Waals surface area contributed by atoms with Crippen LogP contribution in [0.25, 0.3) is 0 Å². The van der Waals surface area contributed by atoms with Crippen molar-refractivity contribution in [3.63, 3.8) is 0 Å². The fourth-order valence-electron chi connectivity index (χ4n) is 9.35. The van der Waals surface area contributed by atoms with Gasteiger partial charge in [-0.1, -0.05) is 267 Å². The van der Waals surface area contributed by atoms with Gasteiger partial charge in [0.15, 0.2) is 12.2 Å². The Labute approximate surface area is 627 Å². The Morgan fingerprint density at radius 2 is 0.510 bits per heavy atom. The van der Waals surface area contributed by atoms with E-state index in [4.69, 9.17) is 37.0 Å². The van der Waals surface area contributed by atoms with Crippen LogP contribution >= 0.6 is 15.6 Å². The molecule has 0 heterocycles. The van der Waals surface area contributed by atoms with Gasteiger partial charge in [0, 0.05) is 19.3 Å². The van der Waals surface area contributed by atoms with Crippen LogP contribution in [0.1, 0.15) is 259 Å². The highest BCUT2D eigenvalue weighted by Gasteiger charge is 2.30. The molecule has 0 amide bonds. The first-order valence-corrected chi connectivity index (χ1v) is 41.7. The van der Waals surface area contributed by atoms with Crippen LogP contribution in [0.4, 0.5) is 0 Å². The van der Waals surface area contributed by atoms with Gasteiger partial charge in [0.25, 0.3) is 0 Å². The van der Waals surface area contributed by atoms with E-state index in [1.807, 2.05) is 18.2 Å². The number of aliphatic hydroxyl groups is 1. The van der Waals surface area contributed by atoms with Crippen LogP contribution in [0.5, 0.6) is 0 Å². The molecule has 0 spiro atoms. The summed E-state index contributed by atoms with van der Waals surface area (Å²) >= 11 is 0. The van der Waals surface area contributed by atoms with Crippen molar-refractivity contribution >= 4 is 39.5 Å². The number of hydrogen-bond acceptors (Lipinski definition) is 15. The molecular formula is C85H134O17P2. The molecule has 3 N–H and O–H groups in total. The maximum absolute atomic E-state index is 13.1. The van der Waals surface area contributed by atoms with Gasteiger partial charge in [0.2, 0.25) is 0 Å². The molecule has 0 aliphatic heterocycles. The largest absolute Gasteiger partial charge is 0.472 e. The normalized spacial score (nSPS) is 15.0. The Balaban J connectivity index is 5.50. The quantitative estimate of drug-likeness (QED) is 0.0169. The molecule has 0 saturated carbocycles. The van der Waals surface area contributed by atoms with Crippen molar-refractivity contribution < 1.29 is 80.2 Å². The van der Waals surface area contributed by atoms with E-state index in [2.05, 4.69) is 198 Å². The fourth-order valence-corrected chi connectivity index (χ4v) is 10.9. The van der Waals surface area contributed by atoms with Crippen molar-refractivity contribution in [1.82, 2.24) is 0 Å². The second kappa shape index (κ2) is 75.1. The van der Waals surface area contributed by atoms with Crippen LogP contribution in [0.3, 0.4) is 0 Å². The summed E-state index contributed by atoms with van der Waals surface area (Å²) in [6, 6.07) is 0. The minimum atomic E-state index is -5.01. The summed E-state index contributed by atoms with van der Waals surface area (Å²) in [7, 11) is -10.0. The second-order valence-corrected chi connectivity index (χ2v) is 27.7. The van der Waals surface area contributed by atoms with E-state index >= 15 is 0 Å². The van der Waals surface area contributed by atoms with Gasteiger partial charge in [-0.2, -0.15) is 0 Å². The number of carbonyl (C=O) groups is 4. The number of hydrogen-bond donors (Lipinski definition) is 3. The Bertz CT molecular complexity index is 2740. The van der Waals surface area contributed by atoms with Gasteiger partial charge in [0.05, 0.1) is 32.8 Å². The number of phosphoric ester groups is 2. The smallest absolute Gasteiger partial charge is 0.462 e. The van der Waals surface area contributed by atoms with Crippen molar-refractivity contribution in [2.45, 2.75) is 277 Å². The van der Waals surface area contributed by atoms with E-state index in [-0.39, 0.29) is 25.7 Å². The van der Waals surface area contributed by atoms with Crippen LogP contribution in [0, 0.1) is 0 Å². The van der Waals surface area contributed by atoms with Gasteiger partial charge < -0.3 is 33.8 Å². The lowest BCUT2D eigenvalue weighted by Gasteiger charge is -2.21. The number of aliphatic hydroxyl groups excluding tert-OH is 1. The van der Waals surface area contributed by atoms with Gasteiger partial charge in [0.1, 0.15) is 19.3 Å². The van der Waals surface area contributed by atoms with Crippen molar-refractivity contribution in [1.29, 1.82) is 0 Å². The maximum atomic E-state index is 13.1. The Morgan fingerprint density at radius 1 is 0.279 bits per heavy atom. The molecule has 0 radical (unpaired) electrons. The summed E-state index contributed by atoms with van der Waals surface area (Å²) < 4.78 is 68.3. The molecule has 0 aliphatic carbocycles. The highest BCUT2D eigenvalue weighted by Crippen LogP contribution is 2.45. The molecule has 0 aromatic heterocycles. The number of rotatable bonds is 70. The molecule has 586 valence electrons. The lowest BCUT2D eigenvalue weighted by molar-refractivity contribution is -0.161. The number of unbranched alkanes of at least 4 members (excludes halogenated alkanes) is 13. The molecule has 104 heavy (non-hydrogen) atoms. The standard InChI is InChI=1S/C85H134O17P2/c1-5-9-13-17-21-25-29-33-37-38-39-40-44-46-50-54-58-62-66-70-83(88)96-76-81(102-85(90)72-68-64-60-56-52-48-43-36-32-28-24-20-16-12-8-4)78-100-104(93,94)98-74-79(86)73-97-103(91,92)99-77-80(101-84(89)71-67-63-59-55-51-47-42-35-31-27-23-19-15-11-7-3)75-95-82(87)69-65-61-57-53-49-45-41-34-30-26-22-18-14-10-6-2/h9-16,21-28,33-37,39-43,49,52-53,56,61,65,79-81,86H,5-8,17-20,29-32,38,44-48,50-51,54-55,57-60,62-64,66-78H2,1-4H3,(H,91,92)(H,93,94)/b13-9-,14-10-,15-11-,16-12-,25-21-,26-22-,27-23-,28-24-,37-33-,40-39-,41-34-,42-35-,43-36-,53-49-,56-52-,65-61-. The SMILES string of the molecule is CC/C=C\C/C=C\C/C=C\C/C=C\C/C=C\CC(=O)OCC(COP(=O)(O)OCC(O)COP(=O)(O)OCC(COC(=O)CCCCCCCC/C=C\C/C=C\C/C=C\C/C=C\CC)OC(=O)CCCC/C=C\C/C=C\C/C=C\C/C=C\CC)OC(=O)CCCCCCC/C=C\C/C=C\C/C=C\CC. The van der Waals surface area contributed by atoms with Gasteiger partial charge in [-0.25, -0.2) is 9.13 Å². The van der Waals surface area contributed by atoms with Crippen molar-refractivity contribution in [3.8, 4) is 0 Å². The summed E-state index contributed by atoms with van der Waals surface area (Å²) in [4.78, 5) is 72.9. The van der Waals surface area contributed by atoms with Gasteiger partial charge in [-0.3, -0.25) is 37.3 Å². The Kier molecular flexibility index (Phi) is 70.7. The lowest BCUT2D eigenvalue weighted by atomic mass is 10.1. The lowest BCUT2D eigenvalue weighted by Crippen LogP contribution is -2.30. The maximum Gasteiger partial charge on any atom is 0.472 e. The highest BCUT2D eigenvalue weighted by molar-refractivity contribution is 7.47. The Morgan fingerprint density at radius 3 is 0.827 bits per heavy atom. The number of esters is 4. The van der Waals surface area contributed by atoms with Crippen molar-refractivity contribution in [2.24, 2.45) is 0 Å². The molecular weight excluding hydrogens is 1350 g/mol. The van der Waals surface area contributed by atoms with Crippen molar-refractivity contribution in [2.75, 3.05) is 39.6 Å². The molecule has 0 rings (SSSR count). The zero-order valence-corrected chi connectivity index (χ0v) is 65.6. The summed E-state index contributed by atoms with van der Waals surface area (Å²) in [6.07, 6.45) is 91.7. The van der Waals surface area contributed by atoms with Crippen LogP contribution in [-0.4, -0.2) is 96.7 Å². The third-order valence-corrected chi connectivity index (χ3v) is 17.0. The third kappa shape index (κ3) is 74.2. The average molecular weight is 1490 g/mol. The minimum Gasteiger partial charge on any atom is -0.462 e. The predicted octanol–water partition coefficient (Wildman–Crippen LogP) is 22.5. The first-order valence-electron chi connectivity index (χ1n) is 38.7. The fraction of sp³-hybridized carbons (Fsp3) is 0.576. The topological polar surface area (TPSA) is 237 Å². The molecule has 0 fully saturated rings. The monoisotopic (exact) mass is 1490 g/mol. The summed E-state index contributed by atoms with van der Waals surface area (Å²) in [5.41, 5.74) is 0. The first-order chi connectivity index (χ1) is 50.7. The summed E-state index contributed by atoms with van der Waals surface area (Å²) in [5, 5.41) is 10.6. The van der Waals surface area contributed by atoms with E-state index in [0.29, 0.717) is 32.1 Å². The van der Waals surface area contributed by atoms with Crippen LogP contribution in [-0.2, 0) is 65.4 Å². The molecule has 0 aromatic rings. The van der Waals surface area contributed by atoms with E-state index < -0.39 is 97.5 Å². The second-order valence-electron chi connectivity index (χ2n) is 24.8. The van der Waals surface area contributed by atoms with Gasteiger partial charge in [-0.05, 0) is 161 Å². The summed E-state index contributed by atoms with van der Waals surface area (Å²) in [5.74, 6) is -2.43. The molecule has 5 unspecified atom stereocenters. The van der Waals surface area contributed by atoms with Gasteiger partial charge in [-0.15, -0.1) is 0 Å². The number of allylic oxidation sites excluding steroid dienone is 31. The number of carbonyl (C=O) groups excluding carboxylic acids is 4. The number of ether oxygens (including phenoxy) is 4. The predicted molar refractivity (Wildman–Crippen MR) is 426 cm³/mol. The molecule has 0 bridgehead atoms. The molecule has 0 aromatic carbocycles. The minimum absolute atomic E-state index is 0.0288. The zero-order valence-electron chi connectivity index (χ0n) is 63.9. The highest BCUT2D eigenvalue weighted by atomic mass is 31.2. The van der Waals surface area contributed by atoms with E-state index in [0.717, 1.165) is 173 Å². The van der Waals surface area contributed by atoms with E-state index in [1.165, 1.54) is 0 Å². The molecule has 0 saturated heterocycles. The van der Waals surface area contributed by atoms with Crippen molar-refractivity contribution in [3.05, 3.63) is 194 Å². The molecule has 5 atom stereocenters. The average Bonchev–Trinajstić information content (AvgIpc) is 0.912.